The number of likely N-dealkylation sites (tertiary alicyclic amines) is 1. The molecule has 0 radical (unpaired) electrons. The highest BCUT2D eigenvalue weighted by Crippen LogP contribution is 2.27. The van der Waals surface area contributed by atoms with Crippen LogP contribution in [-0.4, -0.2) is 43.1 Å². The lowest BCUT2D eigenvalue weighted by Crippen LogP contribution is -2.48. The summed E-state index contributed by atoms with van der Waals surface area (Å²) >= 11 is 0. The number of ether oxygens (including phenoxy) is 1. The van der Waals surface area contributed by atoms with Crippen molar-refractivity contribution in [3.05, 3.63) is 23.8 Å². The molecule has 0 atom stereocenters. The quantitative estimate of drug-likeness (QED) is 0.866. The molecule has 6 nitrogen and oxygen atoms in total. The van der Waals surface area contributed by atoms with Crippen LogP contribution in [-0.2, 0) is 4.79 Å². The standard InChI is InChI=1S/C20H29N3O3/c1-14-13-17(26-2)7-8-18(14)22-20(25)21-16-9-11-23(12-10-16)19(24)15-5-3-4-6-15/h7-8,13,15-16H,3-6,9-12H2,1-2H3,(H2,21,22,25). The van der Waals surface area contributed by atoms with Gasteiger partial charge in [0.15, 0.2) is 0 Å². The summed E-state index contributed by atoms with van der Waals surface area (Å²) < 4.78 is 5.18. The van der Waals surface area contributed by atoms with Crippen molar-refractivity contribution in [2.45, 2.75) is 51.5 Å². The molecule has 1 saturated heterocycles. The number of aryl methyl sites for hydroxylation is 1. The van der Waals surface area contributed by atoms with Crippen LogP contribution in [0.4, 0.5) is 10.5 Å². The predicted molar refractivity (Wildman–Crippen MR) is 101 cm³/mol. The zero-order valence-electron chi connectivity index (χ0n) is 15.7. The number of amides is 3. The summed E-state index contributed by atoms with van der Waals surface area (Å²) in [4.78, 5) is 26.7. The van der Waals surface area contributed by atoms with Crippen molar-refractivity contribution in [2.75, 3.05) is 25.5 Å². The molecule has 1 heterocycles. The second-order valence-corrected chi connectivity index (χ2v) is 7.36. The smallest absolute Gasteiger partial charge is 0.319 e. The Hall–Kier alpha value is -2.24. The van der Waals surface area contributed by atoms with Crippen LogP contribution in [0.5, 0.6) is 5.75 Å². The van der Waals surface area contributed by atoms with Crippen molar-refractivity contribution >= 4 is 17.6 Å². The molecule has 0 aromatic heterocycles. The molecule has 1 aliphatic carbocycles. The molecule has 1 aliphatic heterocycles. The fourth-order valence-electron chi connectivity index (χ4n) is 3.92. The summed E-state index contributed by atoms with van der Waals surface area (Å²) in [6.45, 7) is 3.41. The number of methoxy groups -OCH3 is 1. The molecule has 2 aliphatic rings. The molecule has 2 N–H and O–H groups in total. The van der Waals surface area contributed by atoms with Crippen LogP contribution in [0.1, 0.15) is 44.1 Å². The van der Waals surface area contributed by atoms with E-state index in [0.29, 0.717) is 5.91 Å². The van der Waals surface area contributed by atoms with E-state index in [-0.39, 0.29) is 18.0 Å². The number of hydrogen-bond acceptors (Lipinski definition) is 3. The number of nitrogens with zero attached hydrogens (tertiary/aromatic N) is 1. The third-order valence-electron chi connectivity index (χ3n) is 5.53. The number of piperidine rings is 1. The predicted octanol–water partition coefficient (Wildman–Crippen LogP) is 3.31. The molecule has 2 fully saturated rings. The first-order valence-electron chi connectivity index (χ1n) is 9.58. The van der Waals surface area contributed by atoms with E-state index in [1.165, 1.54) is 12.8 Å². The zero-order chi connectivity index (χ0) is 18.5. The van der Waals surface area contributed by atoms with Crippen molar-refractivity contribution in [3.8, 4) is 5.75 Å². The van der Waals surface area contributed by atoms with Crippen LogP contribution in [0.3, 0.4) is 0 Å². The van der Waals surface area contributed by atoms with E-state index in [2.05, 4.69) is 10.6 Å². The number of urea groups is 1. The van der Waals surface area contributed by atoms with Crippen molar-refractivity contribution < 1.29 is 14.3 Å². The van der Waals surface area contributed by atoms with Gasteiger partial charge in [-0.2, -0.15) is 0 Å². The van der Waals surface area contributed by atoms with Gasteiger partial charge in [-0.3, -0.25) is 4.79 Å². The normalized spacial score (nSPS) is 18.6. The van der Waals surface area contributed by atoms with Crippen molar-refractivity contribution in [2.24, 2.45) is 5.92 Å². The average molecular weight is 359 g/mol. The van der Waals surface area contributed by atoms with E-state index in [4.69, 9.17) is 4.74 Å². The molecular formula is C20H29N3O3. The third kappa shape index (κ3) is 4.48. The number of nitrogens with one attached hydrogen (secondary N) is 2. The Morgan fingerprint density at radius 1 is 1.12 bits per heavy atom. The summed E-state index contributed by atoms with van der Waals surface area (Å²) in [5.74, 6) is 1.33. The number of benzene rings is 1. The van der Waals surface area contributed by atoms with Gasteiger partial charge in [0.25, 0.3) is 0 Å². The van der Waals surface area contributed by atoms with E-state index < -0.39 is 0 Å². The van der Waals surface area contributed by atoms with Crippen molar-refractivity contribution in [3.63, 3.8) is 0 Å². The number of hydrogen-bond donors (Lipinski definition) is 2. The van der Waals surface area contributed by atoms with Crippen LogP contribution < -0.4 is 15.4 Å². The second kappa shape index (κ2) is 8.43. The zero-order valence-corrected chi connectivity index (χ0v) is 15.7. The van der Waals surface area contributed by atoms with Gasteiger partial charge in [-0.25, -0.2) is 4.79 Å². The molecule has 26 heavy (non-hydrogen) atoms. The first-order chi connectivity index (χ1) is 12.6. The minimum absolute atomic E-state index is 0.112. The van der Waals surface area contributed by atoms with Gasteiger partial charge in [0.05, 0.1) is 7.11 Å². The van der Waals surface area contributed by atoms with Gasteiger partial charge >= 0.3 is 6.03 Å². The summed E-state index contributed by atoms with van der Waals surface area (Å²) in [7, 11) is 1.62. The summed E-state index contributed by atoms with van der Waals surface area (Å²) in [5, 5.41) is 5.93. The maximum atomic E-state index is 12.5. The number of carbonyl (C=O) groups is 2. The molecule has 0 bridgehead atoms. The van der Waals surface area contributed by atoms with Crippen LogP contribution >= 0.6 is 0 Å². The second-order valence-electron chi connectivity index (χ2n) is 7.36. The van der Waals surface area contributed by atoms with Gasteiger partial charge in [0.1, 0.15) is 5.75 Å². The summed E-state index contributed by atoms with van der Waals surface area (Å²) in [5.41, 5.74) is 1.73. The van der Waals surface area contributed by atoms with Crippen LogP contribution in [0.25, 0.3) is 0 Å². The monoisotopic (exact) mass is 359 g/mol. The fourth-order valence-corrected chi connectivity index (χ4v) is 3.92. The fraction of sp³-hybridized carbons (Fsp3) is 0.600. The van der Waals surface area contributed by atoms with Crippen molar-refractivity contribution in [1.82, 2.24) is 10.2 Å². The van der Waals surface area contributed by atoms with Gasteiger partial charge < -0.3 is 20.3 Å². The molecule has 1 saturated carbocycles. The molecule has 142 valence electrons. The Kier molecular flexibility index (Phi) is 6.01. The highest BCUT2D eigenvalue weighted by molar-refractivity contribution is 5.90. The topological polar surface area (TPSA) is 70.7 Å². The Morgan fingerprint density at radius 2 is 1.81 bits per heavy atom. The lowest BCUT2D eigenvalue weighted by molar-refractivity contribution is -0.136. The van der Waals surface area contributed by atoms with E-state index in [0.717, 1.165) is 55.8 Å². The van der Waals surface area contributed by atoms with Gasteiger partial charge in [-0.05, 0) is 56.4 Å². The molecule has 3 rings (SSSR count). The number of carbonyl (C=O) groups excluding carboxylic acids is 2. The minimum Gasteiger partial charge on any atom is -0.497 e. The lowest BCUT2D eigenvalue weighted by Gasteiger charge is -2.34. The SMILES string of the molecule is COc1ccc(NC(=O)NC2CCN(C(=O)C3CCCC3)CC2)c(C)c1. The Bertz CT molecular complexity index is 648. The van der Waals surface area contributed by atoms with E-state index in [9.17, 15) is 9.59 Å². The molecule has 3 amide bonds. The molecule has 1 aromatic carbocycles. The van der Waals surface area contributed by atoms with E-state index in [1.807, 2.05) is 30.0 Å². The Balaban J connectivity index is 1.45. The van der Waals surface area contributed by atoms with Crippen LogP contribution in [0.15, 0.2) is 18.2 Å². The number of rotatable bonds is 4. The van der Waals surface area contributed by atoms with Gasteiger partial charge in [0.2, 0.25) is 5.91 Å². The Morgan fingerprint density at radius 3 is 2.42 bits per heavy atom. The average Bonchev–Trinajstić information content (AvgIpc) is 3.18. The van der Waals surface area contributed by atoms with Crippen LogP contribution in [0.2, 0.25) is 0 Å². The largest absolute Gasteiger partial charge is 0.497 e. The van der Waals surface area contributed by atoms with Crippen LogP contribution in [0, 0.1) is 12.8 Å². The third-order valence-corrected chi connectivity index (χ3v) is 5.53. The molecule has 6 heteroatoms. The van der Waals surface area contributed by atoms with Crippen molar-refractivity contribution in [1.29, 1.82) is 0 Å². The summed E-state index contributed by atoms with van der Waals surface area (Å²) in [6, 6.07) is 5.48. The van der Waals surface area contributed by atoms with Gasteiger partial charge in [0, 0.05) is 30.7 Å². The van der Waals surface area contributed by atoms with E-state index in [1.54, 1.807) is 7.11 Å². The lowest BCUT2D eigenvalue weighted by atomic mass is 10.0. The highest BCUT2D eigenvalue weighted by atomic mass is 16.5. The first-order valence-corrected chi connectivity index (χ1v) is 9.58. The summed E-state index contributed by atoms with van der Waals surface area (Å²) in [6.07, 6.45) is 6.07. The maximum Gasteiger partial charge on any atom is 0.319 e. The van der Waals surface area contributed by atoms with Gasteiger partial charge in [-0.1, -0.05) is 12.8 Å². The molecular weight excluding hydrogens is 330 g/mol. The molecule has 1 aromatic rings. The maximum absolute atomic E-state index is 12.5. The minimum atomic E-state index is -0.196. The Labute approximate surface area is 155 Å². The number of anilines is 1. The van der Waals surface area contributed by atoms with Gasteiger partial charge in [-0.15, -0.1) is 0 Å². The molecule has 0 unspecified atom stereocenters. The highest BCUT2D eigenvalue weighted by Gasteiger charge is 2.30. The first kappa shape index (κ1) is 18.5. The van der Waals surface area contributed by atoms with E-state index >= 15 is 0 Å². The molecule has 0 spiro atoms.